The van der Waals surface area contributed by atoms with E-state index >= 15 is 0 Å². The lowest BCUT2D eigenvalue weighted by molar-refractivity contribution is 0.287. The fourth-order valence-electron chi connectivity index (χ4n) is 2.61. The smallest absolute Gasteiger partial charge is 0.165 e. The molecule has 1 N–H and O–H groups in total. The van der Waals surface area contributed by atoms with Gasteiger partial charge in [-0.3, -0.25) is 0 Å². The van der Waals surface area contributed by atoms with Gasteiger partial charge in [-0.1, -0.05) is 30.3 Å². The van der Waals surface area contributed by atoms with E-state index in [1.54, 1.807) is 11.3 Å². The zero-order valence-electron chi connectivity index (χ0n) is 14.0. The highest BCUT2D eigenvalue weighted by Crippen LogP contribution is 2.20. The molecule has 2 aromatic heterocycles. The summed E-state index contributed by atoms with van der Waals surface area (Å²) in [5.74, 6) is 0.849. The summed E-state index contributed by atoms with van der Waals surface area (Å²) in [5.41, 5.74) is 2.52. The first-order valence-corrected chi connectivity index (χ1v) is 8.86. The second-order valence-corrected chi connectivity index (χ2v) is 6.69. The molecule has 1 atom stereocenters. The summed E-state index contributed by atoms with van der Waals surface area (Å²) in [6.07, 6.45) is 0. The van der Waals surface area contributed by atoms with E-state index in [0.717, 1.165) is 12.4 Å². The molecule has 0 saturated carbocycles. The molecule has 3 aromatic rings. The molecule has 0 fully saturated rings. The molecule has 0 saturated heterocycles. The number of rotatable bonds is 8. The van der Waals surface area contributed by atoms with Crippen molar-refractivity contribution in [1.29, 1.82) is 0 Å². The fraction of sp³-hybridized carbons (Fsp3) is 0.353. The molecule has 0 aliphatic carbocycles. The van der Waals surface area contributed by atoms with Crippen LogP contribution in [-0.2, 0) is 13.1 Å². The largest absolute Gasteiger partial charge is 0.308 e. The average Bonchev–Trinajstić information content (AvgIpc) is 3.24. The topological polar surface area (TPSA) is 58.9 Å². The molecular weight excluding hydrogens is 320 g/mol. The van der Waals surface area contributed by atoms with Crippen LogP contribution in [0.5, 0.6) is 0 Å². The maximum atomic E-state index is 4.14. The summed E-state index contributed by atoms with van der Waals surface area (Å²) in [7, 11) is 4.20. The summed E-state index contributed by atoms with van der Waals surface area (Å²) in [4.78, 5) is 2.22. The minimum Gasteiger partial charge on any atom is -0.308 e. The van der Waals surface area contributed by atoms with Crippen molar-refractivity contribution in [2.45, 2.75) is 19.1 Å². The van der Waals surface area contributed by atoms with Crippen LogP contribution in [0.1, 0.15) is 23.0 Å². The summed E-state index contributed by atoms with van der Waals surface area (Å²) in [5, 5.41) is 19.9. The maximum Gasteiger partial charge on any atom is 0.165 e. The SMILES string of the molecule is CN(C)[C@H](CNCc1nnnn1Cc1ccccc1)c1ccsc1. The van der Waals surface area contributed by atoms with Gasteiger partial charge in [-0.2, -0.15) is 11.3 Å². The van der Waals surface area contributed by atoms with Gasteiger partial charge in [0.05, 0.1) is 13.1 Å². The van der Waals surface area contributed by atoms with Crippen molar-refractivity contribution in [2.24, 2.45) is 0 Å². The summed E-state index contributed by atoms with van der Waals surface area (Å²) < 4.78 is 1.84. The number of hydrogen-bond donors (Lipinski definition) is 1. The lowest BCUT2D eigenvalue weighted by atomic mass is 10.1. The first kappa shape index (κ1) is 16.8. The first-order chi connectivity index (χ1) is 11.7. The quantitative estimate of drug-likeness (QED) is 0.680. The molecule has 0 spiro atoms. The molecule has 7 heteroatoms. The van der Waals surface area contributed by atoms with Crippen molar-refractivity contribution in [3.63, 3.8) is 0 Å². The van der Waals surface area contributed by atoms with Crippen LogP contribution in [0.15, 0.2) is 47.2 Å². The Morgan fingerprint density at radius 1 is 1.21 bits per heavy atom. The summed E-state index contributed by atoms with van der Waals surface area (Å²) >= 11 is 1.73. The molecule has 3 rings (SSSR count). The van der Waals surface area contributed by atoms with E-state index < -0.39 is 0 Å². The first-order valence-electron chi connectivity index (χ1n) is 7.92. The minimum absolute atomic E-state index is 0.342. The highest BCUT2D eigenvalue weighted by Gasteiger charge is 2.15. The Balaban J connectivity index is 1.58. The van der Waals surface area contributed by atoms with Crippen LogP contribution in [0.3, 0.4) is 0 Å². The van der Waals surface area contributed by atoms with E-state index in [2.05, 4.69) is 68.8 Å². The lowest BCUT2D eigenvalue weighted by Gasteiger charge is -2.24. The fourth-order valence-corrected chi connectivity index (χ4v) is 3.32. The van der Waals surface area contributed by atoms with Crippen molar-refractivity contribution in [1.82, 2.24) is 30.4 Å². The lowest BCUT2D eigenvalue weighted by Crippen LogP contribution is -2.31. The van der Waals surface area contributed by atoms with Gasteiger partial charge in [0.25, 0.3) is 0 Å². The van der Waals surface area contributed by atoms with Crippen LogP contribution < -0.4 is 5.32 Å². The summed E-state index contributed by atoms with van der Waals surface area (Å²) in [6, 6.07) is 12.7. The zero-order chi connectivity index (χ0) is 16.8. The minimum atomic E-state index is 0.342. The number of tetrazole rings is 1. The molecule has 0 bridgehead atoms. The van der Waals surface area contributed by atoms with Gasteiger partial charge in [-0.15, -0.1) is 5.10 Å². The number of nitrogens with one attached hydrogen (secondary N) is 1. The van der Waals surface area contributed by atoms with Gasteiger partial charge in [0, 0.05) is 12.6 Å². The van der Waals surface area contributed by atoms with E-state index in [9.17, 15) is 0 Å². The van der Waals surface area contributed by atoms with Gasteiger partial charge < -0.3 is 10.2 Å². The highest BCUT2D eigenvalue weighted by atomic mass is 32.1. The Bertz CT molecular complexity index is 723. The molecule has 24 heavy (non-hydrogen) atoms. The normalized spacial score (nSPS) is 12.6. The summed E-state index contributed by atoms with van der Waals surface area (Å²) in [6.45, 7) is 2.18. The molecule has 0 aliphatic heterocycles. The third kappa shape index (κ3) is 4.25. The van der Waals surface area contributed by atoms with Gasteiger partial charge in [-0.05, 0) is 52.5 Å². The molecule has 0 amide bonds. The number of aromatic nitrogens is 4. The number of hydrogen-bond acceptors (Lipinski definition) is 6. The maximum absolute atomic E-state index is 4.14. The van der Waals surface area contributed by atoms with Crippen molar-refractivity contribution >= 4 is 11.3 Å². The van der Waals surface area contributed by atoms with Crippen LogP contribution in [0.2, 0.25) is 0 Å². The Morgan fingerprint density at radius 2 is 2.04 bits per heavy atom. The highest BCUT2D eigenvalue weighted by molar-refractivity contribution is 7.07. The van der Waals surface area contributed by atoms with Crippen LogP contribution in [0.4, 0.5) is 0 Å². The van der Waals surface area contributed by atoms with Crippen molar-refractivity contribution in [3.05, 3.63) is 64.1 Å². The molecule has 1 aromatic carbocycles. The molecule has 6 nitrogen and oxygen atoms in total. The van der Waals surface area contributed by atoms with Crippen LogP contribution in [0, 0.1) is 0 Å². The Kier molecular flexibility index (Phi) is 5.68. The van der Waals surface area contributed by atoms with Crippen molar-refractivity contribution < 1.29 is 0 Å². The Labute approximate surface area is 146 Å². The third-order valence-electron chi connectivity index (χ3n) is 3.95. The van der Waals surface area contributed by atoms with Crippen LogP contribution in [-0.4, -0.2) is 45.7 Å². The predicted molar refractivity (Wildman–Crippen MR) is 95.8 cm³/mol. The van der Waals surface area contributed by atoms with E-state index in [4.69, 9.17) is 0 Å². The molecule has 126 valence electrons. The standard InChI is InChI=1S/C17H22N6S/c1-22(2)16(15-8-9-24-13-15)10-18-11-17-19-20-21-23(17)12-14-6-4-3-5-7-14/h3-9,13,16,18H,10-12H2,1-2H3/t16-/m1/s1. The molecule has 0 aliphatic rings. The van der Waals surface area contributed by atoms with Gasteiger partial charge in [0.15, 0.2) is 5.82 Å². The van der Waals surface area contributed by atoms with Gasteiger partial charge in [0.2, 0.25) is 0 Å². The van der Waals surface area contributed by atoms with Crippen LogP contribution in [0.25, 0.3) is 0 Å². The van der Waals surface area contributed by atoms with Gasteiger partial charge in [0.1, 0.15) is 0 Å². The number of thiophene rings is 1. The van der Waals surface area contributed by atoms with Gasteiger partial charge in [-0.25, -0.2) is 4.68 Å². The van der Waals surface area contributed by atoms with Crippen LogP contribution >= 0.6 is 11.3 Å². The number of benzene rings is 1. The second kappa shape index (κ2) is 8.14. The average molecular weight is 342 g/mol. The third-order valence-corrected chi connectivity index (χ3v) is 4.65. The molecule has 2 heterocycles. The molecule has 0 radical (unpaired) electrons. The van der Waals surface area contributed by atoms with E-state index in [-0.39, 0.29) is 0 Å². The molecular formula is C17H22N6S. The number of likely N-dealkylation sites (N-methyl/N-ethyl adjacent to an activating group) is 1. The van der Waals surface area contributed by atoms with E-state index in [1.165, 1.54) is 11.1 Å². The Hall–Kier alpha value is -2.09. The molecule has 0 unspecified atom stereocenters. The van der Waals surface area contributed by atoms with E-state index in [1.807, 2.05) is 22.9 Å². The zero-order valence-corrected chi connectivity index (χ0v) is 14.8. The number of nitrogens with zero attached hydrogens (tertiary/aromatic N) is 5. The Morgan fingerprint density at radius 3 is 2.75 bits per heavy atom. The van der Waals surface area contributed by atoms with Gasteiger partial charge >= 0.3 is 0 Å². The van der Waals surface area contributed by atoms with E-state index in [0.29, 0.717) is 19.1 Å². The van der Waals surface area contributed by atoms with Crippen molar-refractivity contribution in [2.75, 3.05) is 20.6 Å². The predicted octanol–water partition coefficient (Wildman–Crippen LogP) is 2.18. The second-order valence-electron chi connectivity index (χ2n) is 5.91. The monoisotopic (exact) mass is 342 g/mol. The van der Waals surface area contributed by atoms with Crippen molar-refractivity contribution in [3.8, 4) is 0 Å².